The highest BCUT2D eigenvalue weighted by molar-refractivity contribution is 7.92. The zero-order valence-electron chi connectivity index (χ0n) is 21.7. The standard InChI is InChI=1S/C29H32ClN3O5S/c1-2-38-24-16-14-23(15-17-24)33(39(36,37)25-18-12-21(30)13-19-25)20-28(34)32-27-11-7-6-10-26(27)29(35)31-22-8-4-3-5-9-22/h6-7,10-19,22H,2-5,8-9,20H2,1H3,(H,31,35)(H,32,34). The van der Waals surface area contributed by atoms with Crippen LogP contribution < -0.4 is 19.7 Å². The van der Waals surface area contributed by atoms with Crippen molar-refractivity contribution in [1.29, 1.82) is 0 Å². The number of para-hydroxylation sites is 1. The van der Waals surface area contributed by atoms with Crippen LogP contribution in [0.4, 0.5) is 11.4 Å². The summed E-state index contributed by atoms with van der Waals surface area (Å²) in [4.78, 5) is 26.3. The molecule has 0 bridgehead atoms. The molecule has 1 fully saturated rings. The molecule has 0 saturated heterocycles. The summed E-state index contributed by atoms with van der Waals surface area (Å²) in [6.07, 6.45) is 5.18. The Morgan fingerprint density at radius 2 is 1.62 bits per heavy atom. The van der Waals surface area contributed by atoms with Crippen molar-refractivity contribution in [2.24, 2.45) is 0 Å². The number of nitrogens with one attached hydrogen (secondary N) is 2. The smallest absolute Gasteiger partial charge is 0.264 e. The quantitative estimate of drug-likeness (QED) is 0.329. The summed E-state index contributed by atoms with van der Waals surface area (Å²) in [5.74, 6) is -0.290. The summed E-state index contributed by atoms with van der Waals surface area (Å²) in [7, 11) is -4.14. The van der Waals surface area contributed by atoms with Crippen LogP contribution in [0.25, 0.3) is 0 Å². The van der Waals surface area contributed by atoms with E-state index in [1.807, 2.05) is 6.92 Å². The molecule has 3 aromatic carbocycles. The van der Waals surface area contributed by atoms with Crippen LogP contribution in [0.5, 0.6) is 5.75 Å². The number of carbonyl (C=O) groups is 2. The lowest BCUT2D eigenvalue weighted by Crippen LogP contribution is -2.39. The molecule has 3 aromatic rings. The van der Waals surface area contributed by atoms with Crippen LogP contribution in [-0.4, -0.2) is 39.4 Å². The zero-order chi connectivity index (χ0) is 27.8. The third-order valence-corrected chi connectivity index (χ3v) is 8.55. The molecular weight excluding hydrogens is 538 g/mol. The first kappa shape index (κ1) is 28.4. The van der Waals surface area contributed by atoms with E-state index in [0.29, 0.717) is 28.6 Å². The number of nitrogens with zero attached hydrogens (tertiary/aromatic N) is 1. The van der Waals surface area contributed by atoms with E-state index >= 15 is 0 Å². The van der Waals surface area contributed by atoms with Gasteiger partial charge in [0.15, 0.2) is 0 Å². The molecule has 10 heteroatoms. The zero-order valence-corrected chi connectivity index (χ0v) is 23.3. The summed E-state index contributed by atoms with van der Waals surface area (Å²) in [5.41, 5.74) is 0.919. The van der Waals surface area contributed by atoms with E-state index in [4.69, 9.17) is 16.3 Å². The lowest BCUT2D eigenvalue weighted by molar-refractivity contribution is -0.114. The van der Waals surface area contributed by atoms with E-state index in [1.165, 1.54) is 30.7 Å². The normalized spacial score (nSPS) is 13.9. The van der Waals surface area contributed by atoms with Crippen LogP contribution in [0.15, 0.2) is 77.7 Å². The van der Waals surface area contributed by atoms with Gasteiger partial charge in [0.1, 0.15) is 12.3 Å². The van der Waals surface area contributed by atoms with Gasteiger partial charge in [-0.2, -0.15) is 0 Å². The molecule has 0 heterocycles. The van der Waals surface area contributed by atoms with Gasteiger partial charge in [0, 0.05) is 11.1 Å². The van der Waals surface area contributed by atoms with Gasteiger partial charge in [-0.3, -0.25) is 13.9 Å². The van der Waals surface area contributed by atoms with Gasteiger partial charge < -0.3 is 15.4 Å². The van der Waals surface area contributed by atoms with Gasteiger partial charge in [-0.25, -0.2) is 8.42 Å². The Kier molecular flexibility index (Phi) is 9.48. The number of carbonyl (C=O) groups excluding carboxylic acids is 2. The van der Waals surface area contributed by atoms with Crippen LogP contribution in [0.1, 0.15) is 49.4 Å². The Bertz CT molecular complexity index is 1390. The maximum atomic E-state index is 13.6. The van der Waals surface area contributed by atoms with E-state index in [0.717, 1.165) is 30.0 Å². The molecule has 0 atom stereocenters. The Morgan fingerprint density at radius 1 is 0.949 bits per heavy atom. The van der Waals surface area contributed by atoms with Gasteiger partial charge in [0.2, 0.25) is 5.91 Å². The number of benzene rings is 3. The van der Waals surface area contributed by atoms with Gasteiger partial charge in [-0.15, -0.1) is 0 Å². The summed E-state index contributed by atoms with van der Waals surface area (Å²) < 4.78 is 33.8. The molecule has 0 aromatic heterocycles. The minimum Gasteiger partial charge on any atom is -0.494 e. The maximum Gasteiger partial charge on any atom is 0.264 e. The summed E-state index contributed by atoms with van der Waals surface area (Å²) >= 11 is 5.96. The lowest BCUT2D eigenvalue weighted by Gasteiger charge is -2.25. The van der Waals surface area contributed by atoms with Crippen molar-refractivity contribution in [1.82, 2.24) is 5.32 Å². The average molecular weight is 570 g/mol. The monoisotopic (exact) mass is 569 g/mol. The highest BCUT2D eigenvalue weighted by Gasteiger charge is 2.28. The van der Waals surface area contributed by atoms with E-state index < -0.39 is 22.5 Å². The fraction of sp³-hybridized carbons (Fsp3) is 0.310. The predicted molar refractivity (Wildman–Crippen MR) is 153 cm³/mol. The van der Waals surface area contributed by atoms with Crippen molar-refractivity contribution in [3.8, 4) is 5.75 Å². The Morgan fingerprint density at radius 3 is 2.28 bits per heavy atom. The van der Waals surface area contributed by atoms with Gasteiger partial charge in [0.25, 0.3) is 15.9 Å². The topological polar surface area (TPSA) is 105 Å². The molecule has 2 amide bonds. The molecule has 4 rings (SSSR count). The lowest BCUT2D eigenvalue weighted by atomic mass is 9.95. The molecule has 2 N–H and O–H groups in total. The molecule has 8 nitrogen and oxygen atoms in total. The Balaban J connectivity index is 1.58. The molecule has 0 aliphatic heterocycles. The van der Waals surface area contributed by atoms with E-state index in [-0.39, 0.29) is 22.5 Å². The molecule has 0 spiro atoms. The first-order valence-electron chi connectivity index (χ1n) is 13.0. The average Bonchev–Trinajstić information content (AvgIpc) is 2.93. The highest BCUT2D eigenvalue weighted by atomic mass is 35.5. The van der Waals surface area contributed by atoms with Crippen molar-refractivity contribution >= 4 is 44.8 Å². The number of sulfonamides is 1. The number of anilines is 2. The fourth-order valence-electron chi connectivity index (χ4n) is 4.54. The first-order chi connectivity index (χ1) is 18.8. The van der Waals surface area contributed by atoms with Crippen molar-refractivity contribution < 1.29 is 22.7 Å². The van der Waals surface area contributed by atoms with Gasteiger partial charge in [-0.05, 0) is 80.4 Å². The van der Waals surface area contributed by atoms with Crippen LogP contribution in [0.2, 0.25) is 5.02 Å². The van der Waals surface area contributed by atoms with Crippen LogP contribution >= 0.6 is 11.6 Å². The van der Waals surface area contributed by atoms with E-state index in [2.05, 4.69) is 10.6 Å². The van der Waals surface area contributed by atoms with Gasteiger partial charge >= 0.3 is 0 Å². The molecule has 39 heavy (non-hydrogen) atoms. The third-order valence-electron chi connectivity index (χ3n) is 6.51. The third kappa shape index (κ3) is 7.30. The molecular formula is C29H32ClN3O5S. The Labute approximate surface area is 234 Å². The van der Waals surface area contributed by atoms with Crippen LogP contribution in [-0.2, 0) is 14.8 Å². The summed E-state index contributed by atoms with van der Waals surface area (Å²) in [6, 6.07) is 19.0. The number of amides is 2. The molecule has 1 saturated carbocycles. The number of hydrogen-bond donors (Lipinski definition) is 2. The minimum atomic E-state index is -4.14. The Hall–Kier alpha value is -3.56. The maximum absolute atomic E-state index is 13.6. The SMILES string of the molecule is CCOc1ccc(N(CC(=O)Nc2ccccc2C(=O)NC2CCCCC2)S(=O)(=O)c2ccc(Cl)cc2)cc1. The van der Waals surface area contributed by atoms with Crippen molar-refractivity contribution in [3.63, 3.8) is 0 Å². The molecule has 206 valence electrons. The van der Waals surface area contributed by atoms with Crippen molar-refractivity contribution in [2.45, 2.75) is 50.0 Å². The van der Waals surface area contributed by atoms with Gasteiger partial charge in [0.05, 0.1) is 28.4 Å². The van der Waals surface area contributed by atoms with Gasteiger partial charge in [-0.1, -0.05) is 43.0 Å². The fourth-order valence-corrected chi connectivity index (χ4v) is 6.09. The summed E-state index contributed by atoms with van der Waals surface area (Å²) in [5, 5.41) is 6.19. The number of halogens is 1. The predicted octanol–water partition coefficient (Wildman–Crippen LogP) is 5.64. The molecule has 1 aliphatic carbocycles. The second-order valence-electron chi connectivity index (χ2n) is 9.29. The first-order valence-corrected chi connectivity index (χ1v) is 14.8. The number of ether oxygens (including phenoxy) is 1. The second kappa shape index (κ2) is 13.0. The number of hydrogen-bond acceptors (Lipinski definition) is 5. The van der Waals surface area contributed by atoms with E-state index in [1.54, 1.807) is 48.5 Å². The van der Waals surface area contributed by atoms with Crippen molar-refractivity contribution in [3.05, 3.63) is 83.4 Å². The second-order valence-corrected chi connectivity index (χ2v) is 11.6. The molecule has 0 radical (unpaired) electrons. The van der Waals surface area contributed by atoms with Crippen LogP contribution in [0, 0.1) is 0 Å². The number of rotatable bonds is 10. The highest BCUT2D eigenvalue weighted by Crippen LogP contribution is 2.27. The van der Waals surface area contributed by atoms with Crippen molar-refractivity contribution in [2.75, 3.05) is 22.8 Å². The molecule has 1 aliphatic rings. The van der Waals surface area contributed by atoms with Crippen LogP contribution in [0.3, 0.4) is 0 Å². The largest absolute Gasteiger partial charge is 0.494 e. The van der Waals surface area contributed by atoms with E-state index in [9.17, 15) is 18.0 Å². The minimum absolute atomic E-state index is 0.0131. The summed E-state index contributed by atoms with van der Waals surface area (Å²) in [6.45, 7) is 1.79. The molecule has 0 unspecified atom stereocenters.